The van der Waals surface area contributed by atoms with E-state index >= 15 is 0 Å². The molecule has 1 amide bonds. The molecule has 0 saturated heterocycles. The zero-order chi connectivity index (χ0) is 17.7. The van der Waals surface area contributed by atoms with Gasteiger partial charge < -0.3 is 14.6 Å². The molecule has 3 aromatic rings. The van der Waals surface area contributed by atoms with E-state index in [1.807, 2.05) is 19.1 Å². The predicted molar refractivity (Wildman–Crippen MR) is 91.5 cm³/mol. The Morgan fingerprint density at radius 3 is 2.80 bits per heavy atom. The van der Waals surface area contributed by atoms with Gasteiger partial charge in [-0.1, -0.05) is 0 Å². The van der Waals surface area contributed by atoms with Crippen molar-refractivity contribution in [2.24, 2.45) is 0 Å². The number of rotatable bonds is 2. The molecule has 8 nitrogen and oxygen atoms in total. The van der Waals surface area contributed by atoms with E-state index in [1.54, 1.807) is 26.2 Å². The Morgan fingerprint density at radius 2 is 2.04 bits per heavy atom. The summed E-state index contributed by atoms with van der Waals surface area (Å²) in [6.07, 6.45) is 3.30. The van der Waals surface area contributed by atoms with Crippen LogP contribution in [0, 0.1) is 0 Å². The zero-order valence-corrected chi connectivity index (χ0v) is 14.8. The number of carboxylic acid groups (broad SMARTS) is 1. The number of carboxylic acids is 1. The molecule has 1 N–H and O–H groups in total. The summed E-state index contributed by atoms with van der Waals surface area (Å²) in [5.74, 6) is -0.695. The van der Waals surface area contributed by atoms with Crippen LogP contribution in [-0.2, 0) is 6.54 Å². The van der Waals surface area contributed by atoms with Crippen LogP contribution in [0.4, 0.5) is 0 Å². The van der Waals surface area contributed by atoms with Gasteiger partial charge in [-0.15, -0.1) is 0 Å². The Bertz CT molecular complexity index is 1010. The predicted octanol–water partition coefficient (Wildman–Crippen LogP) is 2.21. The normalized spacial score (nSPS) is 16.9. The lowest BCUT2D eigenvalue weighted by Gasteiger charge is -2.33. The van der Waals surface area contributed by atoms with Crippen LogP contribution in [0.5, 0.6) is 0 Å². The van der Waals surface area contributed by atoms with Crippen molar-refractivity contribution >= 4 is 33.3 Å². The molecule has 0 fully saturated rings. The van der Waals surface area contributed by atoms with Crippen molar-refractivity contribution in [3.05, 3.63) is 52.3 Å². The van der Waals surface area contributed by atoms with Gasteiger partial charge in [-0.3, -0.25) is 4.79 Å². The second-order valence-corrected chi connectivity index (χ2v) is 6.82. The fourth-order valence-electron chi connectivity index (χ4n) is 3.08. The molecule has 9 heteroatoms. The molecule has 0 aliphatic carbocycles. The van der Waals surface area contributed by atoms with E-state index in [-0.39, 0.29) is 17.6 Å². The number of carbonyl (C=O) groups excluding carboxylic acids is 1. The monoisotopic (exact) mass is 403 g/mol. The maximum atomic E-state index is 12.9. The molecule has 0 saturated carbocycles. The number of fused-ring (bicyclic) bond motifs is 2. The van der Waals surface area contributed by atoms with Crippen LogP contribution in [0.3, 0.4) is 0 Å². The van der Waals surface area contributed by atoms with Crippen LogP contribution in [0.2, 0.25) is 0 Å². The van der Waals surface area contributed by atoms with Crippen molar-refractivity contribution < 1.29 is 14.7 Å². The molecule has 1 atom stereocenters. The highest BCUT2D eigenvalue weighted by molar-refractivity contribution is 9.10. The van der Waals surface area contributed by atoms with Gasteiger partial charge in [0.1, 0.15) is 5.82 Å². The number of hydrogen-bond acceptors (Lipinski definition) is 4. The van der Waals surface area contributed by atoms with E-state index in [0.717, 1.165) is 9.99 Å². The van der Waals surface area contributed by atoms with Crippen LogP contribution < -0.4 is 0 Å². The molecule has 0 radical (unpaired) electrons. The molecule has 1 aliphatic rings. The summed E-state index contributed by atoms with van der Waals surface area (Å²) in [6.45, 7) is 2.82. The maximum Gasteiger partial charge on any atom is 0.356 e. The maximum absolute atomic E-state index is 12.9. The van der Waals surface area contributed by atoms with Gasteiger partial charge in [-0.05, 0) is 41.1 Å². The number of halogens is 1. The molecule has 0 bridgehead atoms. The van der Waals surface area contributed by atoms with E-state index in [0.29, 0.717) is 24.6 Å². The van der Waals surface area contributed by atoms with E-state index < -0.39 is 5.97 Å². The third-order valence-electron chi connectivity index (χ3n) is 4.35. The van der Waals surface area contributed by atoms with Crippen molar-refractivity contribution in [1.82, 2.24) is 24.1 Å². The first kappa shape index (κ1) is 15.8. The van der Waals surface area contributed by atoms with Crippen LogP contribution >= 0.6 is 15.9 Å². The molecular weight excluding hydrogens is 390 g/mol. The number of pyridine rings is 1. The summed E-state index contributed by atoms with van der Waals surface area (Å²) in [7, 11) is 0. The van der Waals surface area contributed by atoms with Crippen LogP contribution in [0.1, 0.15) is 39.8 Å². The van der Waals surface area contributed by atoms with Crippen molar-refractivity contribution in [2.45, 2.75) is 19.5 Å². The first-order chi connectivity index (χ1) is 11.9. The molecule has 4 heterocycles. The molecule has 4 rings (SSSR count). The molecule has 3 aromatic heterocycles. The van der Waals surface area contributed by atoms with Gasteiger partial charge in [0.2, 0.25) is 0 Å². The van der Waals surface area contributed by atoms with Crippen LogP contribution in [0.25, 0.3) is 5.52 Å². The van der Waals surface area contributed by atoms with Gasteiger partial charge >= 0.3 is 5.97 Å². The minimum absolute atomic E-state index is 0.00581. The lowest BCUT2D eigenvalue weighted by atomic mass is 10.2. The molecule has 0 aromatic carbocycles. The third-order valence-corrected chi connectivity index (χ3v) is 4.82. The number of carbonyl (C=O) groups is 2. The number of amides is 1. The van der Waals surface area contributed by atoms with Gasteiger partial charge in [-0.2, -0.15) is 5.10 Å². The fourth-order valence-corrected chi connectivity index (χ4v) is 3.41. The summed E-state index contributed by atoms with van der Waals surface area (Å²) in [5, 5.41) is 13.5. The Morgan fingerprint density at radius 1 is 1.24 bits per heavy atom. The summed E-state index contributed by atoms with van der Waals surface area (Å²) in [4.78, 5) is 29.8. The Hall–Kier alpha value is -2.68. The Labute approximate surface area is 150 Å². The van der Waals surface area contributed by atoms with Crippen molar-refractivity contribution in [3.8, 4) is 0 Å². The largest absolute Gasteiger partial charge is 0.476 e. The van der Waals surface area contributed by atoms with Crippen molar-refractivity contribution in [2.75, 3.05) is 6.54 Å². The van der Waals surface area contributed by atoms with E-state index in [2.05, 4.69) is 26.0 Å². The van der Waals surface area contributed by atoms with Crippen LogP contribution in [-0.4, -0.2) is 47.6 Å². The summed E-state index contributed by atoms with van der Waals surface area (Å²) in [6, 6.07) is 5.18. The smallest absolute Gasteiger partial charge is 0.356 e. The lowest BCUT2D eigenvalue weighted by molar-refractivity contribution is 0.0631. The Kier molecular flexibility index (Phi) is 3.60. The highest BCUT2D eigenvalue weighted by Crippen LogP contribution is 2.26. The second-order valence-electron chi connectivity index (χ2n) is 5.90. The van der Waals surface area contributed by atoms with Gasteiger partial charge in [0.25, 0.3) is 5.91 Å². The number of aromatic nitrogens is 4. The van der Waals surface area contributed by atoms with E-state index in [9.17, 15) is 9.59 Å². The van der Waals surface area contributed by atoms with Crippen molar-refractivity contribution in [3.63, 3.8) is 0 Å². The van der Waals surface area contributed by atoms with Crippen LogP contribution in [0.15, 0.2) is 35.1 Å². The minimum Gasteiger partial charge on any atom is -0.476 e. The summed E-state index contributed by atoms with van der Waals surface area (Å²) >= 11 is 3.38. The van der Waals surface area contributed by atoms with Gasteiger partial charge in [-0.25, -0.2) is 14.3 Å². The lowest BCUT2D eigenvalue weighted by Crippen LogP contribution is -2.41. The molecule has 128 valence electrons. The standard InChI is InChI=1S/C16H14BrN5O3/c1-9-14-18-13(16(24)25)8-20(14)4-5-21(9)15(23)12-6-11-3-2-10(17)7-22(11)19-12/h2-3,6-9H,4-5H2,1H3,(H,24,25). The number of hydrogen-bond donors (Lipinski definition) is 1. The third kappa shape index (κ3) is 2.60. The van der Waals surface area contributed by atoms with E-state index in [4.69, 9.17) is 5.11 Å². The quantitative estimate of drug-likeness (QED) is 0.707. The Balaban J connectivity index is 1.66. The zero-order valence-electron chi connectivity index (χ0n) is 13.3. The average Bonchev–Trinajstić information content (AvgIpc) is 3.18. The summed E-state index contributed by atoms with van der Waals surface area (Å²) in [5.41, 5.74) is 1.17. The first-order valence-electron chi connectivity index (χ1n) is 7.70. The van der Waals surface area contributed by atoms with E-state index in [1.165, 1.54) is 6.20 Å². The number of imidazole rings is 1. The summed E-state index contributed by atoms with van der Waals surface area (Å²) < 4.78 is 4.31. The van der Waals surface area contributed by atoms with Crippen molar-refractivity contribution in [1.29, 1.82) is 0 Å². The molecule has 1 aliphatic heterocycles. The highest BCUT2D eigenvalue weighted by atomic mass is 79.9. The average molecular weight is 404 g/mol. The highest BCUT2D eigenvalue weighted by Gasteiger charge is 2.32. The van der Waals surface area contributed by atoms with Gasteiger partial charge in [0.15, 0.2) is 11.4 Å². The minimum atomic E-state index is -1.07. The molecular formula is C16H14BrN5O3. The molecule has 25 heavy (non-hydrogen) atoms. The topological polar surface area (TPSA) is 92.7 Å². The van der Waals surface area contributed by atoms with Gasteiger partial charge in [0, 0.05) is 30.0 Å². The molecule has 1 unspecified atom stereocenters. The number of nitrogens with zero attached hydrogens (tertiary/aromatic N) is 5. The van der Waals surface area contributed by atoms with Gasteiger partial charge in [0.05, 0.1) is 11.6 Å². The fraction of sp³-hybridized carbons (Fsp3) is 0.250. The second kappa shape index (κ2) is 5.69. The molecule has 0 spiro atoms. The SMILES string of the molecule is CC1c2nc(C(=O)O)cn2CCN1C(=O)c1cc2ccc(Br)cn2n1. The first-order valence-corrected chi connectivity index (χ1v) is 8.49. The number of aromatic carboxylic acids is 1.